The number of carbonyl (C=O) groups excluding carboxylic acids is 2. The van der Waals surface area contributed by atoms with Crippen molar-refractivity contribution in [3.63, 3.8) is 0 Å². The summed E-state index contributed by atoms with van der Waals surface area (Å²) in [6.07, 6.45) is 8.02. The number of Topliss-reactive ketones (excluding diaryl/α,β-unsaturated/α-hetero) is 2. The van der Waals surface area contributed by atoms with Gasteiger partial charge in [0.1, 0.15) is 4.21 Å². The molecular formula is C18H18Br2O4S4. The number of thiophene rings is 2. The molecule has 0 amide bonds. The molecule has 0 fully saturated rings. The topological polar surface area (TPSA) is 68.3 Å². The first-order chi connectivity index (χ1) is 13.1. The minimum Gasteiger partial charge on any atom is -0.294 e. The van der Waals surface area contributed by atoms with E-state index in [1.165, 1.54) is 9.77 Å². The molecule has 0 aliphatic heterocycles. The van der Waals surface area contributed by atoms with Crippen LogP contribution in [0.4, 0.5) is 0 Å². The lowest BCUT2D eigenvalue weighted by Gasteiger charge is -2.11. The van der Waals surface area contributed by atoms with Gasteiger partial charge >= 0.3 is 0 Å². The first-order valence-corrected chi connectivity index (χ1v) is 14.9. The fourth-order valence-electron chi connectivity index (χ4n) is 3.35. The Morgan fingerprint density at radius 2 is 1.36 bits per heavy atom. The molecule has 2 aliphatic carbocycles. The van der Waals surface area contributed by atoms with E-state index in [0.717, 1.165) is 68.4 Å². The van der Waals surface area contributed by atoms with Crippen molar-refractivity contribution in [3.05, 3.63) is 29.8 Å². The number of halogens is 2. The van der Waals surface area contributed by atoms with Gasteiger partial charge < -0.3 is 0 Å². The van der Waals surface area contributed by atoms with Gasteiger partial charge in [0, 0.05) is 24.7 Å². The van der Waals surface area contributed by atoms with Crippen LogP contribution < -0.4 is 0 Å². The van der Waals surface area contributed by atoms with Crippen LogP contribution in [0.15, 0.2) is 16.0 Å². The van der Waals surface area contributed by atoms with Crippen LogP contribution in [0.5, 0.6) is 0 Å². The standard InChI is InChI=1S/C9H9BrO3S2.C9H9BrOS2/c1-15(12,13)9-7-5(8(10)14-9)3-2-4-6(7)11;1-12-9-7-5(8(10)13-9)3-2-4-6(7)11/h2-4H2,1H3;2-4H2,1H3. The Balaban J connectivity index is 0.000000162. The second kappa shape index (κ2) is 9.01. The van der Waals surface area contributed by atoms with Gasteiger partial charge in [-0.1, -0.05) is 0 Å². The summed E-state index contributed by atoms with van der Waals surface area (Å²) < 4.78 is 26.3. The minimum absolute atomic E-state index is 0.0429. The number of sulfone groups is 1. The van der Waals surface area contributed by atoms with E-state index < -0.39 is 9.84 Å². The molecule has 0 saturated heterocycles. The van der Waals surface area contributed by atoms with E-state index >= 15 is 0 Å². The number of carbonyl (C=O) groups is 2. The second-order valence-electron chi connectivity index (χ2n) is 6.56. The number of hydrogen-bond acceptors (Lipinski definition) is 7. The normalized spacial score (nSPS) is 16.3. The highest BCUT2D eigenvalue weighted by Gasteiger charge is 2.30. The molecule has 28 heavy (non-hydrogen) atoms. The van der Waals surface area contributed by atoms with Crippen LogP contribution in [0.3, 0.4) is 0 Å². The molecule has 4 rings (SSSR count). The Bertz CT molecular complexity index is 1050. The van der Waals surface area contributed by atoms with Gasteiger partial charge in [0.05, 0.1) is 17.3 Å². The van der Waals surface area contributed by atoms with Gasteiger partial charge in [-0.3, -0.25) is 9.59 Å². The van der Waals surface area contributed by atoms with E-state index in [9.17, 15) is 18.0 Å². The third kappa shape index (κ3) is 4.51. The molecule has 10 heteroatoms. The highest BCUT2D eigenvalue weighted by molar-refractivity contribution is 9.11. The van der Waals surface area contributed by atoms with E-state index in [1.807, 2.05) is 6.26 Å². The Kier molecular flexibility index (Phi) is 7.30. The van der Waals surface area contributed by atoms with Crippen LogP contribution in [-0.4, -0.2) is 32.5 Å². The molecule has 0 N–H and O–H groups in total. The molecule has 2 aromatic heterocycles. The van der Waals surface area contributed by atoms with E-state index in [2.05, 4.69) is 31.9 Å². The fraction of sp³-hybridized carbons (Fsp3) is 0.444. The summed E-state index contributed by atoms with van der Waals surface area (Å²) in [7, 11) is -3.29. The quantitative estimate of drug-likeness (QED) is 0.393. The predicted molar refractivity (Wildman–Crippen MR) is 123 cm³/mol. The summed E-state index contributed by atoms with van der Waals surface area (Å²) in [4.78, 5) is 23.3. The van der Waals surface area contributed by atoms with Crippen molar-refractivity contribution in [2.24, 2.45) is 0 Å². The van der Waals surface area contributed by atoms with Gasteiger partial charge in [0.25, 0.3) is 0 Å². The fourth-order valence-corrected chi connectivity index (χ4v) is 9.90. The van der Waals surface area contributed by atoms with Crippen LogP contribution in [-0.2, 0) is 22.7 Å². The van der Waals surface area contributed by atoms with Crippen molar-refractivity contribution in [2.75, 3.05) is 12.5 Å². The third-order valence-corrected chi connectivity index (χ3v) is 11.5. The predicted octanol–water partition coefficient (Wildman–Crippen LogP) is 6.18. The van der Waals surface area contributed by atoms with Crippen LogP contribution in [0, 0.1) is 0 Å². The van der Waals surface area contributed by atoms with Crippen molar-refractivity contribution >= 4 is 87.7 Å². The van der Waals surface area contributed by atoms with Gasteiger partial charge in [0.2, 0.25) is 0 Å². The summed E-state index contributed by atoms with van der Waals surface area (Å²) in [5, 5.41) is 0. The zero-order valence-electron chi connectivity index (χ0n) is 15.3. The lowest BCUT2D eigenvalue weighted by atomic mass is 9.95. The van der Waals surface area contributed by atoms with Crippen LogP contribution >= 0.6 is 66.3 Å². The number of thioether (sulfide) groups is 1. The molecule has 0 atom stereocenters. The highest BCUT2D eigenvalue weighted by Crippen LogP contribution is 2.42. The van der Waals surface area contributed by atoms with E-state index in [0.29, 0.717) is 17.8 Å². The maximum atomic E-state index is 11.7. The highest BCUT2D eigenvalue weighted by atomic mass is 79.9. The number of hydrogen-bond donors (Lipinski definition) is 0. The molecule has 0 spiro atoms. The van der Waals surface area contributed by atoms with Crippen LogP contribution in [0.2, 0.25) is 0 Å². The Hall–Kier alpha value is -0.000000000000000167. The maximum absolute atomic E-state index is 11.7. The summed E-state index contributed by atoms with van der Waals surface area (Å²) in [6.45, 7) is 0. The van der Waals surface area contributed by atoms with Gasteiger partial charge in [-0.05, 0) is 74.9 Å². The van der Waals surface area contributed by atoms with Gasteiger partial charge in [0.15, 0.2) is 21.4 Å². The Morgan fingerprint density at radius 1 is 0.857 bits per heavy atom. The SMILES string of the molecule is CS(=O)(=O)c1sc(Br)c2c1C(=O)CCC2.CSc1sc(Br)c2c1C(=O)CCC2. The summed E-state index contributed by atoms with van der Waals surface area (Å²) in [6, 6.07) is 0. The molecule has 2 aromatic rings. The van der Waals surface area contributed by atoms with Crippen molar-refractivity contribution in [1.82, 2.24) is 0 Å². The minimum atomic E-state index is -3.29. The average molecular weight is 586 g/mol. The van der Waals surface area contributed by atoms with Crippen LogP contribution in [0.1, 0.15) is 57.5 Å². The molecular weight excluding hydrogens is 568 g/mol. The van der Waals surface area contributed by atoms with Crippen molar-refractivity contribution in [2.45, 2.75) is 46.9 Å². The molecule has 0 unspecified atom stereocenters. The summed E-state index contributed by atoms with van der Waals surface area (Å²) >= 11 is 11.4. The van der Waals surface area contributed by atoms with E-state index in [-0.39, 0.29) is 9.99 Å². The smallest absolute Gasteiger partial charge is 0.185 e. The van der Waals surface area contributed by atoms with Crippen molar-refractivity contribution in [3.8, 4) is 0 Å². The molecule has 2 heterocycles. The van der Waals surface area contributed by atoms with Gasteiger partial charge in [-0.25, -0.2) is 8.42 Å². The number of rotatable bonds is 2. The molecule has 0 radical (unpaired) electrons. The lowest BCUT2D eigenvalue weighted by Crippen LogP contribution is -2.12. The summed E-state index contributed by atoms with van der Waals surface area (Å²) in [5.41, 5.74) is 3.54. The molecule has 0 bridgehead atoms. The van der Waals surface area contributed by atoms with Crippen molar-refractivity contribution in [1.29, 1.82) is 0 Å². The Morgan fingerprint density at radius 3 is 1.89 bits per heavy atom. The first-order valence-electron chi connectivity index (χ1n) is 8.58. The summed E-state index contributed by atoms with van der Waals surface area (Å²) in [5.74, 6) is 0.283. The van der Waals surface area contributed by atoms with E-state index in [4.69, 9.17) is 0 Å². The zero-order chi connectivity index (χ0) is 20.6. The zero-order valence-corrected chi connectivity index (χ0v) is 21.7. The molecule has 0 saturated carbocycles. The molecule has 2 aliphatic rings. The van der Waals surface area contributed by atoms with Gasteiger partial charge in [-0.2, -0.15) is 0 Å². The van der Waals surface area contributed by atoms with Crippen LogP contribution in [0.25, 0.3) is 0 Å². The number of ketones is 2. The third-order valence-electron chi connectivity index (χ3n) is 4.59. The second-order valence-corrected chi connectivity index (χ2v) is 14.5. The molecule has 152 valence electrons. The van der Waals surface area contributed by atoms with E-state index in [1.54, 1.807) is 23.1 Å². The molecule has 4 nitrogen and oxygen atoms in total. The lowest BCUT2D eigenvalue weighted by molar-refractivity contribution is 0.0962. The van der Waals surface area contributed by atoms with Crippen molar-refractivity contribution < 1.29 is 18.0 Å². The molecule has 0 aromatic carbocycles. The number of fused-ring (bicyclic) bond motifs is 2. The Labute approximate surface area is 193 Å². The first kappa shape index (κ1) is 22.7. The van der Waals surface area contributed by atoms with Gasteiger partial charge in [-0.15, -0.1) is 34.4 Å². The largest absolute Gasteiger partial charge is 0.294 e. The maximum Gasteiger partial charge on any atom is 0.185 e. The monoisotopic (exact) mass is 584 g/mol. The average Bonchev–Trinajstić information content (AvgIpc) is 3.15.